The number of rotatable bonds is 8. The molecule has 17 heavy (non-hydrogen) atoms. The van der Waals surface area contributed by atoms with Crippen LogP contribution in [-0.2, 0) is 0 Å². The van der Waals surface area contributed by atoms with Gasteiger partial charge in [0.2, 0.25) is 5.88 Å². The zero-order valence-electron chi connectivity index (χ0n) is 10.6. The van der Waals surface area contributed by atoms with Crippen molar-refractivity contribution in [1.82, 2.24) is 9.97 Å². The maximum Gasteiger partial charge on any atom is 0.234 e. The first-order valence-electron chi connectivity index (χ1n) is 6.21. The molecule has 0 aliphatic rings. The first-order chi connectivity index (χ1) is 8.30. The van der Waals surface area contributed by atoms with E-state index in [2.05, 4.69) is 29.2 Å². The zero-order chi connectivity index (χ0) is 12.5. The Morgan fingerprint density at radius 3 is 2.88 bits per heavy atom. The summed E-state index contributed by atoms with van der Waals surface area (Å²) in [5, 5.41) is 0. The third-order valence-electron chi connectivity index (χ3n) is 2.77. The Morgan fingerprint density at radius 2 is 2.24 bits per heavy atom. The van der Waals surface area contributed by atoms with Crippen LogP contribution in [0, 0.1) is 5.92 Å². The molecular formula is C12H22N4O. The minimum absolute atomic E-state index is 0.518. The maximum absolute atomic E-state index is 5.63. The molecule has 0 fully saturated rings. The number of hydrogen-bond donors (Lipinski definition) is 2. The van der Waals surface area contributed by atoms with E-state index in [9.17, 15) is 0 Å². The van der Waals surface area contributed by atoms with Gasteiger partial charge in [-0.3, -0.25) is 4.98 Å². The molecule has 0 bridgehead atoms. The molecule has 1 atom stereocenters. The summed E-state index contributed by atoms with van der Waals surface area (Å²) >= 11 is 0. The van der Waals surface area contributed by atoms with E-state index in [1.54, 1.807) is 12.4 Å². The van der Waals surface area contributed by atoms with Gasteiger partial charge in [0.1, 0.15) is 0 Å². The lowest BCUT2D eigenvalue weighted by Crippen LogP contribution is -2.13. The van der Waals surface area contributed by atoms with Crippen molar-refractivity contribution in [1.29, 1.82) is 0 Å². The topological polar surface area (TPSA) is 73.1 Å². The normalized spacial score (nSPS) is 12.2. The van der Waals surface area contributed by atoms with E-state index in [0.29, 0.717) is 24.2 Å². The maximum atomic E-state index is 5.63. The number of hydrazine groups is 1. The van der Waals surface area contributed by atoms with Gasteiger partial charge in [-0.15, -0.1) is 0 Å². The van der Waals surface area contributed by atoms with Gasteiger partial charge >= 0.3 is 0 Å². The second-order valence-corrected chi connectivity index (χ2v) is 4.11. The Labute approximate surface area is 103 Å². The van der Waals surface area contributed by atoms with Crippen LogP contribution in [0.1, 0.15) is 39.5 Å². The minimum Gasteiger partial charge on any atom is -0.476 e. The van der Waals surface area contributed by atoms with Crippen molar-refractivity contribution in [2.45, 2.75) is 39.5 Å². The van der Waals surface area contributed by atoms with E-state index in [0.717, 1.165) is 6.42 Å². The van der Waals surface area contributed by atoms with Crippen molar-refractivity contribution in [2.75, 3.05) is 12.0 Å². The third kappa shape index (κ3) is 4.99. The fourth-order valence-electron chi connectivity index (χ4n) is 1.59. The lowest BCUT2D eigenvalue weighted by molar-refractivity contribution is 0.225. The van der Waals surface area contributed by atoms with Crippen LogP contribution < -0.4 is 16.0 Å². The highest BCUT2D eigenvalue weighted by atomic mass is 16.5. The summed E-state index contributed by atoms with van der Waals surface area (Å²) in [4.78, 5) is 8.15. The zero-order valence-corrected chi connectivity index (χ0v) is 10.6. The number of nitrogen functional groups attached to an aromatic ring is 1. The summed E-state index contributed by atoms with van der Waals surface area (Å²) in [7, 11) is 0. The summed E-state index contributed by atoms with van der Waals surface area (Å²) in [6.07, 6.45) is 7.97. The van der Waals surface area contributed by atoms with E-state index < -0.39 is 0 Å². The predicted molar refractivity (Wildman–Crippen MR) is 68.6 cm³/mol. The van der Waals surface area contributed by atoms with Crippen LogP contribution in [0.25, 0.3) is 0 Å². The molecule has 1 rings (SSSR count). The molecule has 1 aromatic heterocycles. The molecular weight excluding hydrogens is 216 g/mol. The van der Waals surface area contributed by atoms with E-state index >= 15 is 0 Å². The Kier molecular flexibility index (Phi) is 6.32. The number of unbranched alkanes of at least 4 members (excludes halogenated alkanes) is 1. The first kappa shape index (κ1) is 13.7. The molecule has 5 nitrogen and oxygen atoms in total. The third-order valence-corrected chi connectivity index (χ3v) is 2.77. The Balaban J connectivity index is 2.41. The molecule has 0 amide bonds. The van der Waals surface area contributed by atoms with Gasteiger partial charge in [0.25, 0.3) is 0 Å². The monoisotopic (exact) mass is 238 g/mol. The summed E-state index contributed by atoms with van der Waals surface area (Å²) in [6.45, 7) is 5.09. The molecule has 96 valence electrons. The Hall–Kier alpha value is -1.36. The van der Waals surface area contributed by atoms with Crippen LogP contribution in [0.2, 0.25) is 0 Å². The predicted octanol–water partition coefficient (Wildman–Crippen LogP) is 2.36. The quantitative estimate of drug-likeness (QED) is 0.537. The lowest BCUT2D eigenvalue weighted by Gasteiger charge is -2.14. The SMILES string of the molecule is CCCCC(CC)COc1cncc(NN)n1. The van der Waals surface area contributed by atoms with Gasteiger partial charge < -0.3 is 10.2 Å². The summed E-state index contributed by atoms with van der Waals surface area (Å²) in [6, 6.07) is 0. The number of aromatic nitrogens is 2. The van der Waals surface area contributed by atoms with E-state index in [1.165, 1.54) is 19.3 Å². The molecule has 1 heterocycles. The van der Waals surface area contributed by atoms with Gasteiger partial charge in [0, 0.05) is 0 Å². The van der Waals surface area contributed by atoms with Crippen molar-refractivity contribution < 1.29 is 4.74 Å². The fraction of sp³-hybridized carbons (Fsp3) is 0.667. The molecule has 0 saturated carbocycles. The number of hydrogen-bond acceptors (Lipinski definition) is 5. The van der Waals surface area contributed by atoms with Crippen LogP contribution in [-0.4, -0.2) is 16.6 Å². The van der Waals surface area contributed by atoms with Gasteiger partial charge in [-0.05, 0) is 12.3 Å². The van der Waals surface area contributed by atoms with Crippen molar-refractivity contribution >= 4 is 5.82 Å². The molecule has 0 saturated heterocycles. The smallest absolute Gasteiger partial charge is 0.234 e. The molecule has 0 radical (unpaired) electrons. The van der Waals surface area contributed by atoms with Gasteiger partial charge in [-0.1, -0.05) is 33.1 Å². The molecule has 1 unspecified atom stereocenters. The van der Waals surface area contributed by atoms with Crippen molar-refractivity contribution in [3.63, 3.8) is 0 Å². The van der Waals surface area contributed by atoms with Crippen LogP contribution >= 0.6 is 0 Å². The fourth-order valence-corrected chi connectivity index (χ4v) is 1.59. The summed E-state index contributed by atoms with van der Waals surface area (Å²) in [5.74, 6) is 6.89. The summed E-state index contributed by atoms with van der Waals surface area (Å²) in [5.41, 5.74) is 2.45. The average Bonchev–Trinajstić information content (AvgIpc) is 2.39. The number of ether oxygens (including phenoxy) is 1. The highest BCUT2D eigenvalue weighted by molar-refractivity contribution is 5.31. The van der Waals surface area contributed by atoms with Crippen molar-refractivity contribution in [3.05, 3.63) is 12.4 Å². The molecule has 5 heteroatoms. The average molecular weight is 238 g/mol. The van der Waals surface area contributed by atoms with Crippen LogP contribution in [0.4, 0.5) is 5.82 Å². The second kappa shape index (κ2) is 7.84. The van der Waals surface area contributed by atoms with Gasteiger partial charge in [-0.25, -0.2) is 5.84 Å². The first-order valence-corrected chi connectivity index (χ1v) is 6.21. The lowest BCUT2D eigenvalue weighted by atomic mass is 10.0. The van der Waals surface area contributed by atoms with Crippen molar-refractivity contribution in [3.8, 4) is 5.88 Å². The van der Waals surface area contributed by atoms with Crippen LogP contribution in [0.3, 0.4) is 0 Å². The van der Waals surface area contributed by atoms with E-state index in [4.69, 9.17) is 10.6 Å². The standard InChI is InChI=1S/C12H22N4O/c1-3-5-6-10(4-2)9-17-12-8-14-7-11(15-12)16-13/h7-8,10H,3-6,9,13H2,1-2H3,(H,15,16). The summed E-state index contributed by atoms with van der Waals surface area (Å²) < 4.78 is 5.63. The Bertz CT molecular complexity index is 319. The number of nitrogens with two attached hydrogens (primary N) is 1. The highest BCUT2D eigenvalue weighted by Crippen LogP contribution is 2.15. The molecule has 0 aliphatic heterocycles. The van der Waals surface area contributed by atoms with Crippen LogP contribution in [0.5, 0.6) is 5.88 Å². The number of nitrogens with one attached hydrogen (secondary N) is 1. The minimum atomic E-state index is 0.518. The second-order valence-electron chi connectivity index (χ2n) is 4.11. The Morgan fingerprint density at radius 1 is 1.41 bits per heavy atom. The molecule has 3 N–H and O–H groups in total. The number of nitrogens with zero attached hydrogens (tertiary/aromatic N) is 2. The molecule has 0 spiro atoms. The molecule has 1 aromatic rings. The van der Waals surface area contributed by atoms with Crippen molar-refractivity contribution in [2.24, 2.45) is 11.8 Å². The highest BCUT2D eigenvalue weighted by Gasteiger charge is 2.07. The molecule has 0 aliphatic carbocycles. The van der Waals surface area contributed by atoms with Gasteiger partial charge in [0.05, 0.1) is 19.0 Å². The molecule has 0 aromatic carbocycles. The van der Waals surface area contributed by atoms with Gasteiger partial charge in [-0.2, -0.15) is 4.98 Å². The van der Waals surface area contributed by atoms with Gasteiger partial charge in [0.15, 0.2) is 5.82 Å². The van der Waals surface area contributed by atoms with E-state index in [-0.39, 0.29) is 0 Å². The number of anilines is 1. The van der Waals surface area contributed by atoms with Crippen LogP contribution in [0.15, 0.2) is 12.4 Å². The van der Waals surface area contributed by atoms with E-state index in [1.807, 2.05) is 0 Å². The largest absolute Gasteiger partial charge is 0.476 e.